The van der Waals surface area contributed by atoms with Crippen molar-refractivity contribution < 1.29 is 9.26 Å². The molecule has 10 nitrogen and oxygen atoms in total. The second-order valence-corrected chi connectivity index (χ2v) is 5.79. The van der Waals surface area contributed by atoms with Gasteiger partial charge in [-0.15, -0.1) is 5.10 Å². The van der Waals surface area contributed by atoms with Gasteiger partial charge in [0.2, 0.25) is 0 Å². The number of benzene rings is 1. The fraction of sp³-hybridized carbons (Fsp3) is 0.176. The molecule has 0 aliphatic heterocycles. The maximum atomic E-state index is 5.74. The number of ether oxygens (including phenoxy) is 1. The Morgan fingerprint density at radius 2 is 2.00 bits per heavy atom. The van der Waals surface area contributed by atoms with Gasteiger partial charge in [0.05, 0.1) is 0 Å². The second kappa shape index (κ2) is 6.16. The van der Waals surface area contributed by atoms with Gasteiger partial charge >= 0.3 is 6.01 Å². The first kappa shape index (κ1) is 15.4. The lowest BCUT2D eigenvalue weighted by Crippen LogP contribution is -2.06. The normalized spacial score (nSPS) is 11.4. The van der Waals surface area contributed by atoms with E-state index in [1.807, 2.05) is 31.2 Å². The first-order valence-corrected chi connectivity index (χ1v) is 8.39. The van der Waals surface area contributed by atoms with Crippen LogP contribution < -0.4 is 4.74 Å². The second-order valence-electron chi connectivity index (χ2n) is 5.79. The topological polar surface area (TPSA) is 109 Å². The third-order valence-electron chi connectivity index (χ3n) is 4.20. The summed E-state index contributed by atoms with van der Waals surface area (Å²) in [5.41, 5.74) is 1.94. The molecule has 0 radical (unpaired) electrons. The largest absolute Gasteiger partial charge is 0.456 e. The minimum Gasteiger partial charge on any atom is -0.456 e. The third-order valence-corrected chi connectivity index (χ3v) is 4.20. The standard InChI is InChI=1S/C17H14N8O2/c1-2-24-16(18-10-19-24)14-12-5-3-4-6-13(12)15-20-21-17(25(15)22-14)26-9-11-7-8-27-23-11/h3-8,10H,2,9H2,1H3. The van der Waals surface area contributed by atoms with E-state index < -0.39 is 0 Å². The van der Waals surface area contributed by atoms with E-state index in [4.69, 9.17) is 14.4 Å². The molecule has 0 aliphatic carbocycles. The van der Waals surface area contributed by atoms with E-state index in [9.17, 15) is 0 Å². The first-order valence-electron chi connectivity index (χ1n) is 8.39. The maximum absolute atomic E-state index is 5.74. The molecular formula is C17H14N8O2. The van der Waals surface area contributed by atoms with E-state index in [-0.39, 0.29) is 12.6 Å². The molecule has 0 fully saturated rings. The summed E-state index contributed by atoms with van der Waals surface area (Å²) in [7, 11) is 0. The van der Waals surface area contributed by atoms with Gasteiger partial charge in [-0.1, -0.05) is 34.5 Å². The summed E-state index contributed by atoms with van der Waals surface area (Å²) >= 11 is 0. The smallest absolute Gasteiger partial charge is 0.339 e. The Hall–Kier alpha value is -3.82. The molecule has 5 aromatic rings. The van der Waals surface area contributed by atoms with Crippen molar-refractivity contribution in [2.24, 2.45) is 0 Å². The third kappa shape index (κ3) is 2.49. The van der Waals surface area contributed by atoms with E-state index in [1.54, 1.807) is 15.3 Å². The summed E-state index contributed by atoms with van der Waals surface area (Å²) in [5, 5.41) is 23.0. The molecule has 10 heteroatoms. The number of nitrogens with zero attached hydrogens (tertiary/aromatic N) is 8. The minimum absolute atomic E-state index is 0.201. The van der Waals surface area contributed by atoms with Crippen LogP contribution >= 0.6 is 0 Å². The molecule has 4 aromatic heterocycles. The van der Waals surface area contributed by atoms with Crippen LogP contribution in [0.15, 0.2) is 47.4 Å². The quantitative estimate of drug-likeness (QED) is 0.468. The fourth-order valence-corrected chi connectivity index (χ4v) is 2.95. The van der Waals surface area contributed by atoms with Crippen LogP contribution in [0, 0.1) is 0 Å². The van der Waals surface area contributed by atoms with Crippen molar-refractivity contribution in [3.63, 3.8) is 0 Å². The number of hydrogen-bond acceptors (Lipinski definition) is 8. The zero-order valence-electron chi connectivity index (χ0n) is 14.3. The fourth-order valence-electron chi connectivity index (χ4n) is 2.95. The minimum atomic E-state index is 0.201. The van der Waals surface area contributed by atoms with Crippen LogP contribution in [0.2, 0.25) is 0 Å². The molecular weight excluding hydrogens is 348 g/mol. The lowest BCUT2D eigenvalue weighted by molar-refractivity contribution is 0.261. The van der Waals surface area contributed by atoms with Gasteiger partial charge in [-0.2, -0.15) is 14.7 Å². The van der Waals surface area contributed by atoms with E-state index in [2.05, 4.69) is 25.4 Å². The van der Waals surface area contributed by atoms with Crippen LogP contribution in [-0.4, -0.2) is 39.7 Å². The SMILES string of the molecule is CCn1ncnc1-c1nn2c(OCc3ccon3)nnc2c2ccccc12. The van der Waals surface area contributed by atoms with Gasteiger partial charge in [-0.3, -0.25) is 0 Å². The average molecular weight is 362 g/mol. The van der Waals surface area contributed by atoms with Crippen molar-refractivity contribution in [3.05, 3.63) is 48.6 Å². The number of aryl methyl sites for hydroxylation is 1. The summed E-state index contributed by atoms with van der Waals surface area (Å²) in [6.45, 7) is 2.89. The Labute approximate surface area is 152 Å². The summed E-state index contributed by atoms with van der Waals surface area (Å²) in [5.74, 6) is 0.673. The number of rotatable bonds is 5. The van der Waals surface area contributed by atoms with E-state index >= 15 is 0 Å². The van der Waals surface area contributed by atoms with Gasteiger partial charge in [-0.25, -0.2) is 9.67 Å². The number of aromatic nitrogens is 8. The van der Waals surface area contributed by atoms with Crippen molar-refractivity contribution in [2.45, 2.75) is 20.1 Å². The van der Waals surface area contributed by atoms with Crippen LogP contribution in [0.1, 0.15) is 12.6 Å². The molecule has 0 N–H and O–H groups in total. The van der Waals surface area contributed by atoms with Gasteiger partial charge in [0.25, 0.3) is 0 Å². The predicted molar refractivity (Wildman–Crippen MR) is 93.8 cm³/mol. The molecule has 5 rings (SSSR count). The maximum Gasteiger partial charge on any atom is 0.339 e. The van der Waals surface area contributed by atoms with Crippen LogP contribution in [0.25, 0.3) is 27.9 Å². The van der Waals surface area contributed by atoms with Crippen LogP contribution in [0.3, 0.4) is 0 Å². The molecule has 0 aliphatic rings. The summed E-state index contributed by atoms with van der Waals surface area (Å²) in [6.07, 6.45) is 3.01. The summed E-state index contributed by atoms with van der Waals surface area (Å²) < 4.78 is 13.9. The van der Waals surface area contributed by atoms with Gasteiger partial charge < -0.3 is 9.26 Å². The highest BCUT2D eigenvalue weighted by Crippen LogP contribution is 2.28. The van der Waals surface area contributed by atoms with E-state index in [0.29, 0.717) is 29.4 Å². The Bertz CT molecular complexity index is 1220. The van der Waals surface area contributed by atoms with Crippen LogP contribution in [-0.2, 0) is 13.2 Å². The van der Waals surface area contributed by atoms with E-state index in [0.717, 1.165) is 10.8 Å². The molecule has 4 heterocycles. The van der Waals surface area contributed by atoms with Crippen molar-refractivity contribution in [2.75, 3.05) is 0 Å². The highest BCUT2D eigenvalue weighted by molar-refractivity contribution is 6.00. The van der Waals surface area contributed by atoms with Crippen molar-refractivity contribution in [3.8, 4) is 17.5 Å². The predicted octanol–water partition coefficient (Wildman–Crippen LogP) is 2.12. The highest BCUT2D eigenvalue weighted by Gasteiger charge is 2.19. The Morgan fingerprint density at radius 3 is 2.81 bits per heavy atom. The summed E-state index contributed by atoms with van der Waals surface area (Å²) in [6, 6.07) is 9.84. The Morgan fingerprint density at radius 1 is 1.11 bits per heavy atom. The molecule has 0 atom stereocenters. The zero-order chi connectivity index (χ0) is 18.2. The Balaban J connectivity index is 1.70. The molecule has 27 heavy (non-hydrogen) atoms. The van der Waals surface area contributed by atoms with Crippen molar-refractivity contribution in [1.29, 1.82) is 0 Å². The lowest BCUT2D eigenvalue weighted by Gasteiger charge is -2.08. The molecule has 0 spiro atoms. The molecule has 0 saturated heterocycles. The number of fused-ring (bicyclic) bond motifs is 3. The molecule has 134 valence electrons. The average Bonchev–Trinajstić information content (AvgIpc) is 3.45. The van der Waals surface area contributed by atoms with Gasteiger partial charge in [-0.05, 0) is 6.92 Å². The highest BCUT2D eigenvalue weighted by atomic mass is 16.5. The van der Waals surface area contributed by atoms with Crippen molar-refractivity contribution >= 4 is 16.4 Å². The lowest BCUT2D eigenvalue weighted by atomic mass is 10.1. The van der Waals surface area contributed by atoms with Crippen LogP contribution in [0.5, 0.6) is 6.01 Å². The van der Waals surface area contributed by atoms with Gasteiger partial charge in [0, 0.05) is 23.4 Å². The molecule has 0 unspecified atom stereocenters. The molecule has 0 saturated carbocycles. The number of hydrogen-bond donors (Lipinski definition) is 0. The monoisotopic (exact) mass is 362 g/mol. The molecule has 0 bridgehead atoms. The van der Waals surface area contributed by atoms with Gasteiger partial charge in [0.15, 0.2) is 11.5 Å². The summed E-state index contributed by atoms with van der Waals surface area (Å²) in [4.78, 5) is 4.39. The van der Waals surface area contributed by atoms with Gasteiger partial charge in [0.1, 0.15) is 30.6 Å². The van der Waals surface area contributed by atoms with E-state index in [1.165, 1.54) is 12.6 Å². The Kier molecular flexibility index (Phi) is 3.52. The molecule has 1 aromatic carbocycles. The molecule has 0 amide bonds. The zero-order valence-corrected chi connectivity index (χ0v) is 14.3. The van der Waals surface area contributed by atoms with Crippen LogP contribution in [0.4, 0.5) is 0 Å². The van der Waals surface area contributed by atoms with Crippen molar-refractivity contribution in [1.82, 2.24) is 39.7 Å². The first-order chi connectivity index (χ1) is 13.3.